The van der Waals surface area contributed by atoms with Crippen LogP contribution >= 0.6 is 0 Å². The molecule has 2 aliphatic heterocycles. The first-order chi connectivity index (χ1) is 16.9. The molecule has 0 radical (unpaired) electrons. The molecule has 2 aromatic rings. The summed E-state index contributed by atoms with van der Waals surface area (Å²) in [5, 5.41) is 10.7. The first kappa shape index (κ1) is 24.8. The van der Waals surface area contributed by atoms with Crippen molar-refractivity contribution in [2.45, 2.75) is 25.9 Å². The number of hydrogen-bond acceptors (Lipinski definition) is 7. The van der Waals surface area contributed by atoms with Crippen LogP contribution in [0.4, 0.5) is 0 Å². The van der Waals surface area contributed by atoms with E-state index in [0.29, 0.717) is 29.4 Å². The molecule has 0 atom stereocenters. The van der Waals surface area contributed by atoms with Crippen molar-refractivity contribution in [1.82, 2.24) is 4.90 Å². The number of carbonyl (C=O) groups is 1. The topological polar surface area (TPSA) is 77.5 Å². The van der Waals surface area contributed by atoms with Gasteiger partial charge in [0.2, 0.25) is 0 Å². The number of allylic oxidation sites excluding steroid dienone is 1. The van der Waals surface area contributed by atoms with Crippen LogP contribution in [-0.2, 0) is 4.74 Å². The third-order valence-corrected chi connectivity index (χ3v) is 6.06. The van der Waals surface area contributed by atoms with Crippen LogP contribution in [0.3, 0.4) is 0 Å². The third-order valence-electron chi connectivity index (χ3n) is 6.06. The van der Waals surface area contributed by atoms with Gasteiger partial charge >= 0.3 is 0 Å². The van der Waals surface area contributed by atoms with Gasteiger partial charge in [-0.05, 0) is 68.3 Å². The molecule has 7 heteroatoms. The van der Waals surface area contributed by atoms with Gasteiger partial charge in [0.05, 0.1) is 38.1 Å². The van der Waals surface area contributed by atoms with Gasteiger partial charge in [-0.2, -0.15) is 0 Å². The summed E-state index contributed by atoms with van der Waals surface area (Å²) in [6.07, 6.45) is 7.70. The zero-order valence-electron chi connectivity index (χ0n) is 20.6. The molecule has 0 aromatic heterocycles. The zero-order chi connectivity index (χ0) is 24.8. The van der Waals surface area contributed by atoms with Crippen LogP contribution in [0.5, 0.6) is 23.0 Å². The van der Waals surface area contributed by atoms with Gasteiger partial charge in [0, 0.05) is 19.6 Å². The molecule has 186 valence electrons. The van der Waals surface area contributed by atoms with Gasteiger partial charge in [-0.15, -0.1) is 0 Å². The Labute approximate surface area is 206 Å². The van der Waals surface area contributed by atoms with E-state index in [0.717, 1.165) is 44.8 Å². The van der Waals surface area contributed by atoms with Gasteiger partial charge < -0.3 is 24.1 Å². The number of aromatic hydroxyl groups is 1. The zero-order valence-corrected chi connectivity index (χ0v) is 20.6. The minimum absolute atomic E-state index is 0.0806. The quantitative estimate of drug-likeness (QED) is 0.320. The Hall–Kier alpha value is -3.29. The molecule has 4 rings (SSSR count). The Morgan fingerprint density at radius 2 is 1.97 bits per heavy atom. The summed E-state index contributed by atoms with van der Waals surface area (Å²) in [7, 11) is 1.60. The number of morpholine rings is 1. The van der Waals surface area contributed by atoms with E-state index < -0.39 is 5.60 Å². The number of carbonyl (C=O) groups excluding carboxylic acids is 1. The van der Waals surface area contributed by atoms with Gasteiger partial charge in [-0.3, -0.25) is 9.69 Å². The molecule has 0 saturated carbocycles. The monoisotopic (exact) mass is 479 g/mol. The lowest BCUT2D eigenvalue weighted by Crippen LogP contribution is -2.37. The summed E-state index contributed by atoms with van der Waals surface area (Å²) >= 11 is 0. The fraction of sp³-hybridized carbons (Fsp3) is 0.393. The van der Waals surface area contributed by atoms with E-state index in [9.17, 15) is 9.90 Å². The van der Waals surface area contributed by atoms with E-state index in [1.54, 1.807) is 31.4 Å². The van der Waals surface area contributed by atoms with Crippen LogP contribution in [0.1, 0.15) is 41.8 Å². The predicted molar refractivity (Wildman–Crippen MR) is 136 cm³/mol. The molecule has 0 unspecified atom stereocenters. The Kier molecular flexibility index (Phi) is 7.78. The van der Waals surface area contributed by atoms with Crippen molar-refractivity contribution < 1.29 is 28.8 Å². The summed E-state index contributed by atoms with van der Waals surface area (Å²) in [5.74, 6) is 1.45. The number of rotatable bonds is 9. The van der Waals surface area contributed by atoms with Crippen molar-refractivity contribution in [2.75, 3.05) is 46.6 Å². The standard InChI is InChI=1S/C28H33NO6/c1-28(2)12-11-22-24(35-28)10-7-21(27(22)31)23(30)8-5-20-6-9-25(32-3)26(19-20)34-16-4-13-29-14-17-33-18-15-29/h5-12,19,31H,4,13-18H2,1-3H3/b8-5+. The molecular weight excluding hydrogens is 446 g/mol. The highest BCUT2D eigenvalue weighted by Crippen LogP contribution is 2.38. The van der Waals surface area contributed by atoms with Gasteiger partial charge in [-0.1, -0.05) is 12.1 Å². The van der Waals surface area contributed by atoms with Crippen molar-refractivity contribution in [1.29, 1.82) is 0 Å². The first-order valence-electron chi connectivity index (χ1n) is 11.9. The lowest BCUT2D eigenvalue weighted by atomic mass is 9.98. The largest absolute Gasteiger partial charge is 0.506 e. The van der Waals surface area contributed by atoms with Crippen molar-refractivity contribution in [3.05, 3.63) is 59.2 Å². The Morgan fingerprint density at radius 3 is 2.74 bits per heavy atom. The highest BCUT2D eigenvalue weighted by atomic mass is 16.5. The SMILES string of the molecule is COc1ccc(/C=C/C(=O)c2ccc3c(c2O)C=CC(C)(C)O3)cc1OCCCN1CCOCC1. The Balaban J connectivity index is 1.41. The first-order valence-corrected chi connectivity index (χ1v) is 11.9. The van der Waals surface area contributed by atoms with Crippen LogP contribution in [0.15, 0.2) is 42.5 Å². The molecule has 2 aromatic carbocycles. The number of hydrogen-bond donors (Lipinski definition) is 1. The minimum Gasteiger partial charge on any atom is -0.506 e. The number of methoxy groups -OCH3 is 1. The van der Waals surface area contributed by atoms with E-state index in [1.165, 1.54) is 6.08 Å². The van der Waals surface area contributed by atoms with E-state index >= 15 is 0 Å². The maximum absolute atomic E-state index is 12.8. The number of phenols is 1. The second kappa shape index (κ2) is 11.0. The number of benzene rings is 2. The number of nitrogens with zero attached hydrogens (tertiary/aromatic N) is 1. The fourth-order valence-corrected chi connectivity index (χ4v) is 4.11. The molecular formula is C28H33NO6. The van der Waals surface area contributed by atoms with Crippen molar-refractivity contribution in [3.8, 4) is 23.0 Å². The van der Waals surface area contributed by atoms with E-state index in [4.69, 9.17) is 18.9 Å². The highest BCUT2D eigenvalue weighted by molar-refractivity contribution is 6.09. The molecule has 1 N–H and O–H groups in total. The summed E-state index contributed by atoms with van der Waals surface area (Å²) in [4.78, 5) is 15.2. The number of ketones is 1. The predicted octanol–water partition coefficient (Wildman–Crippen LogP) is 4.58. The molecule has 1 saturated heterocycles. The van der Waals surface area contributed by atoms with Gasteiger partial charge in [0.25, 0.3) is 0 Å². The number of phenolic OH excluding ortho intramolecular Hbond substituents is 1. The van der Waals surface area contributed by atoms with E-state index in [1.807, 2.05) is 38.1 Å². The summed E-state index contributed by atoms with van der Waals surface area (Å²) in [6, 6.07) is 8.84. The lowest BCUT2D eigenvalue weighted by Gasteiger charge is -2.28. The maximum Gasteiger partial charge on any atom is 0.189 e. The Morgan fingerprint density at radius 1 is 1.17 bits per heavy atom. The minimum atomic E-state index is -0.457. The van der Waals surface area contributed by atoms with Gasteiger partial charge in [-0.25, -0.2) is 0 Å². The van der Waals surface area contributed by atoms with Crippen LogP contribution in [0, 0.1) is 0 Å². The van der Waals surface area contributed by atoms with E-state index in [2.05, 4.69) is 4.90 Å². The lowest BCUT2D eigenvalue weighted by molar-refractivity contribution is 0.0357. The smallest absolute Gasteiger partial charge is 0.189 e. The molecule has 2 aliphatic rings. The second-order valence-electron chi connectivity index (χ2n) is 9.18. The average Bonchev–Trinajstić information content (AvgIpc) is 2.85. The second-order valence-corrected chi connectivity index (χ2v) is 9.18. The normalized spacial score (nSPS) is 17.1. The molecule has 7 nitrogen and oxygen atoms in total. The summed E-state index contributed by atoms with van der Waals surface area (Å²) in [6.45, 7) is 8.88. The molecule has 0 amide bonds. The van der Waals surface area contributed by atoms with Crippen molar-refractivity contribution in [2.24, 2.45) is 0 Å². The van der Waals surface area contributed by atoms with Crippen LogP contribution in [-0.4, -0.2) is 68.0 Å². The Bertz CT molecular complexity index is 1110. The summed E-state index contributed by atoms with van der Waals surface area (Å²) < 4.78 is 22.7. The molecule has 2 heterocycles. The van der Waals surface area contributed by atoms with Crippen LogP contribution in [0.2, 0.25) is 0 Å². The molecule has 1 fully saturated rings. The molecule has 0 spiro atoms. The maximum atomic E-state index is 12.8. The average molecular weight is 480 g/mol. The third kappa shape index (κ3) is 6.24. The summed E-state index contributed by atoms with van der Waals surface area (Å²) in [5.41, 5.74) is 1.08. The van der Waals surface area contributed by atoms with Crippen molar-refractivity contribution >= 4 is 17.9 Å². The van der Waals surface area contributed by atoms with Gasteiger partial charge in [0.1, 0.15) is 17.1 Å². The fourth-order valence-electron chi connectivity index (χ4n) is 4.11. The van der Waals surface area contributed by atoms with Crippen LogP contribution < -0.4 is 14.2 Å². The molecule has 0 aliphatic carbocycles. The number of ether oxygens (including phenoxy) is 4. The number of fused-ring (bicyclic) bond motifs is 1. The van der Waals surface area contributed by atoms with Crippen molar-refractivity contribution in [3.63, 3.8) is 0 Å². The highest BCUT2D eigenvalue weighted by Gasteiger charge is 2.25. The molecule has 0 bridgehead atoms. The van der Waals surface area contributed by atoms with Crippen LogP contribution in [0.25, 0.3) is 12.2 Å². The van der Waals surface area contributed by atoms with E-state index in [-0.39, 0.29) is 17.1 Å². The van der Waals surface area contributed by atoms with Gasteiger partial charge in [0.15, 0.2) is 17.3 Å². The molecule has 35 heavy (non-hydrogen) atoms.